The molecule has 3 aromatic rings. The summed E-state index contributed by atoms with van der Waals surface area (Å²) in [4.78, 5) is 0. The van der Waals surface area contributed by atoms with Crippen molar-refractivity contribution in [2.45, 2.75) is 6.92 Å². The minimum Gasteiger partial charge on any atom is -0.250 e. The zero-order valence-electron chi connectivity index (χ0n) is 12.7. The van der Waals surface area contributed by atoms with Crippen LogP contribution in [0.25, 0.3) is 17.5 Å². The fourth-order valence-corrected chi connectivity index (χ4v) is 2.35. The molecule has 0 atom stereocenters. The van der Waals surface area contributed by atoms with E-state index in [4.69, 9.17) is 12.2 Å². The summed E-state index contributed by atoms with van der Waals surface area (Å²) in [5, 5.41) is 11.5. The normalized spacial score (nSPS) is 12.0. The van der Waals surface area contributed by atoms with E-state index in [-0.39, 0.29) is 0 Å². The molecule has 0 bridgehead atoms. The Morgan fingerprint density at radius 3 is 2.43 bits per heavy atom. The Bertz CT molecular complexity index is 890. The number of H-pyrrole nitrogens is 1. The van der Waals surface area contributed by atoms with Crippen LogP contribution in [0.15, 0.2) is 71.3 Å². The zero-order valence-corrected chi connectivity index (χ0v) is 13.5. The summed E-state index contributed by atoms with van der Waals surface area (Å²) in [6.07, 6.45) is 3.85. The number of aromatic amines is 1. The molecule has 0 fully saturated rings. The largest absolute Gasteiger partial charge is 0.250 e. The Morgan fingerprint density at radius 2 is 1.74 bits per heavy atom. The molecule has 0 amide bonds. The van der Waals surface area contributed by atoms with Crippen LogP contribution in [0, 0.1) is 4.77 Å². The molecule has 2 aromatic carbocycles. The summed E-state index contributed by atoms with van der Waals surface area (Å²) in [7, 11) is 0. The molecule has 1 N–H and O–H groups in total. The molecule has 0 unspecified atom stereocenters. The van der Waals surface area contributed by atoms with Gasteiger partial charge in [0.15, 0.2) is 5.82 Å². The van der Waals surface area contributed by atoms with Gasteiger partial charge in [0.2, 0.25) is 4.77 Å². The van der Waals surface area contributed by atoms with Gasteiger partial charge in [-0.25, -0.2) is 5.10 Å². The lowest BCUT2D eigenvalue weighted by Crippen LogP contribution is -1.94. The average molecular weight is 320 g/mol. The third-order valence-electron chi connectivity index (χ3n) is 3.25. The Hall–Kier alpha value is -2.79. The number of nitrogens with zero attached hydrogens (tertiary/aromatic N) is 3. The minimum absolute atomic E-state index is 0.465. The van der Waals surface area contributed by atoms with Crippen LogP contribution in [-0.4, -0.2) is 21.1 Å². The first-order chi connectivity index (χ1) is 11.2. The van der Waals surface area contributed by atoms with Crippen LogP contribution in [0.1, 0.15) is 12.5 Å². The molecule has 0 aliphatic carbocycles. The summed E-state index contributed by atoms with van der Waals surface area (Å²) < 4.78 is 2.10. The van der Waals surface area contributed by atoms with E-state index >= 15 is 0 Å². The van der Waals surface area contributed by atoms with Gasteiger partial charge >= 0.3 is 0 Å². The molecule has 0 spiro atoms. The summed E-state index contributed by atoms with van der Waals surface area (Å²) >= 11 is 5.27. The highest BCUT2D eigenvalue weighted by Gasteiger charge is 2.06. The summed E-state index contributed by atoms with van der Waals surface area (Å²) in [5.74, 6) is 0.694. The van der Waals surface area contributed by atoms with Crippen molar-refractivity contribution in [2.75, 3.05) is 0 Å². The highest BCUT2D eigenvalue weighted by molar-refractivity contribution is 7.71. The van der Waals surface area contributed by atoms with Gasteiger partial charge in [-0.3, -0.25) is 0 Å². The van der Waals surface area contributed by atoms with Crippen LogP contribution in [0.3, 0.4) is 0 Å². The molecule has 0 saturated carbocycles. The van der Waals surface area contributed by atoms with E-state index in [0.29, 0.717) is 10.6 Å². The molecule has 1 heterocycles. The van der Waals surface area contributed by atoms with Gasteiger partial charge in [-0.2, -0.15) is 14.9 Å². The molecule has 114 valence electrons. The third kappa shape index (κ3) is 3.70. The predicted molar refractivity (Wildman–Crippen MR) is 96.8 cm³/mol. The SMILES string of the molecule is CC(=Cc1ccccc1)/C=N\n1c(-c2ccccc2)n[nH]c1=S. The van der Waals surface area contributed by atoms with E-state index in [1.807, 2.05) is 55.5 Å². The number of nitrogens with one attached hydrogen (secondary N) is 1. The fraction of sp³-hybridized carbons (Fsp3) is 0.0556. The Morgan fingerprint density at radius 1 is 1.09 bits per heavy atom. The molecule has 23 heavy (non-hydrogen) atoms. The molecule has 0 radical (unpaired) electrons. The van der Waals surface area contributed by atoms with Gasteiger partial charge in [-0.1, -0.05) is 66.7 Å². The van der Waals surface area contributed by atoms with Crippen LogP contribution in [0.5, 0.6) is 0 Å². The van der Waals surface area contributed by atoms with E-state index in [1.165, 1.54) is 0 Å². The van der Waals surface area contributed by atoms with Crippen molar-refractivity contribution in [1.82, 2.24) is 14.9 Å². The lowest BCUT2D eigenvalue weighted by molar-refractivity contribution is 0.871. The number of aromatic nitrogens is 3. The van der Waals surface area contributed by atoms with Crippen molar-refractivity contribution in [3.63, 3.8) is 0 Å². The Balaban J connectivity index is 1.90. The summed E-state index contributed by atoms with van der Waals surface area (Å²) in [5.41, 5.74) is 3.12. The van der Waals surface area contributed by atoms with Crippen molar-refractivity contribution in [2.24, 2.45) is 5.10 Å². The van der Waals surface area contributed by atoms with Crippen LogP contribution in [0.4, 0.5) is 0 Å². The fourth-order valence-electron chi connectivity index (χ4n) is 2.17. The monoisotopic (exact) mass is 320 g/mol. The van der Waals surface area contributed by atoms with Gasteiger partial charge in [-0.05, 0) is 30.3 Å². The molecule has 1 aromatic heterocycles. The van der Waals surface area contributed by atoms with Crippen molar-refractivity contribution in [1.29, 1.82) is 0 Å². The predicted octanol–water partition coefficient (Wildman–Crippen LogP) is 4.55. The number of hydrogen-bond donors (Lipinski definition) is 1. The van der Waals surface area contributed by atoms with Gasteiger partial charge in [0.1, 0.15) is 0 Å². The molecular formula is C18H16N4S. The molecule has 3 rings (SSSR count). The van der Waals surface area contributed by atoms with Gasteiger partial charge < -0.3 is 0 Å². The van der Waals surface area contributed by atoms with Gasteiger partial charge in [0.25, 0.3) is 0 Å². The molecule has 0 aliphatic rings. The van der Waals surface area contributed by atoms with Gasteiger partial charge in [0, 0.05) is 5.56 Å². The zero-order chi connectivity index (χ0) is 16.1. The highest BCUT2D eigenvalue weighted by Crippen LogP contribution is 2.16. The number of allylic oxidation sites excluding steroid dienone is 1. The molecule has 4 nitrogen and oxygen atoms in total. The Labute approximate surface area is 139 Å². The third-order valence-corrected chi connectivity index (χ3v) is 3.52. The van der Waals surface area contributed by atoms with Crippen molar-refractivity contribution >= 4 is 24.5 Å². The average Bonchev–Trinajstić information content (AvgIpc) is 2.95. The minimum atomic E-state index is 0.465. The number of rotatable bonds is 4. The van der Waals surface area contributed by atoms with Crippen LogP contribution < -0.4 is 0 Å². The molecule has 0 aliphatic heterocycles. The summed E-state index contributed by atoms with van der Waals surface area (Å²) in [6, 6.07) is 20.0. The second-order valence-electron chi connectivity index (χ2n) is 5.07. The first kappa shape index (κ1) is 15.1. The molecule has 0 saturated heterocycles. The van der Waals surface area contributed by atoms with E-state index < -0.39 is 0 Å². The first-order valence-electron chi connectivity index (χ1n) is 7.24. The van der Waals surface area contributed by atoms with E-state index in [2.05, 4.69) is 33.5 Å². The van der Waals surface area contributed by atoms with E-state index in [0.717, 1.165) is 16.7 Å². The van der Waals surface area contributed by atoms with Crippen molar-refractivity contribution in [3.8, 4) is 11.4 Å². The van der Waals surface area contributed by atoms with Crippen LogP contribution in [0.2, 0.25) is 0 Å². The Kier molecular flexibility index (Phi) is 4.59. The van der Waals surface area contributed by atoms with E-state index in [1.54, 1.807) is 10.9 Å². The van der Waals surface area contributed by atoms with E-state index in [9.17, 15) is 0 Å². The maximum Gasteiger partial charge on any atom is 0.216 e. The lowest BCUT2D eigenvalue weighted by atomic mass is 10.1. The second-order valence-corrected chi connectivity index (χ2v) is 5.46. The quantitative estimate of drug-likeness (QED) is 0.566. The van der Waals surface area contributed by atoms with Crippen LogP contribution >= 0.6 is 12.2 Å². The standard InChI is InChI=1S/C18H16N4S/c1-14(12-15-8-4-2-5-9-15)13-19-22-17(20-21-18(22)23)16-10-6-3-7-11-16/h2-13H,1H3,(H,21,23)/b14-12?,19-13-. The second kappa shape index (κ2) is 6.98. The first-order valence-corrected chi connectivity index (χ1v) is 7.65. The topological polar surface area (TPSA) is 46.0 Å². The van der Waals surface area contributed by atoms with Crippen LogP contribution in [-0.2, 0) is 0 Å². The number of benzene rings is 2. The van der Waals surface area contributed by atoms with Crippen molar-refractivity contribution in [3.05, 3.63) is 76.6 Å². The smallest absolute Gasteiger partial charge is 0.216 e. The molecule has 5 heteroatoms. The van der Waals surface area contributed by atoms with Gasteiger partial charge in [-0.15, -0.1) is 0 Å². The maximum atomic E-state index is 5.27. The van der Waals surface area contributed by atoms with Gasteiger partial charge in [0.05, 0.1) is 6.21 Å². The maximum absolute atomic E-state index is 5.27. The summed E-state index contributed by atoms with van der Waals surface area (Å²) in [6.45, 7) is 2.00. The van der Waals surface area contributed by atoms with Crippen molar-refractivity contribution < 1.29 is 0 Å². The molecular weight excluding hydrogens is 304 g/mol. The highest BCUT2D eigenvalue weighted by atomic mass is 32.1. The number of hydrogen-bond acceptors (Lipinski definition) is 3. The lowest BCUT2D eigenvalue weighted by Gasteiger charge is -2.00.